The number of carbonyl (C=O) groups excluding carboxylic acids is 1. The molecule has 100 valence electrons. The lowest BCUT2D eigenvalue weighted by Crippen LogP contribution is -2.05. The van der Waals surface area contributed by atoms with Crippen LogP contribution >= 0.6 is 11.5 Å². The van der Waals surface area contributed by atoms with E-state index in [0.717, 1.165) is 24.4 Å². The predicted molar refractivity (Wildman–Crippen MR) is 70.5 cm³/mol. The summed E-state index contributed by atoms with van der Waals surface area (Å²) in [7, 11) is 0. The number of aromatic nitrogens is 2. The van der Waals surface area contributed by atoms with E-state index in [-0.39, 0.29) is 5.82 Å². The molecular formula is C13H13FN2O2S. The van der Waals surface area contributed by atoms with Gasteiger partial charge in [0.1, 0.15) is 11.5 Å². The fourth-order valence-electron chi connectivity index (χ4n) is 1.50. The van der Waals surface area contributed by atoms with Crippen molar-refractivity contribution in [1.29, 1.82) is 0 Å². The Labute approximate surface area is 114 Å². The fourth-order valence-corrected chi connectivity index (χ4v) is 2.08. The SMILES string of the molecule is CCCCOC(=O)c1snnc1-c1ccc(F)cc1. The van der Waals surface area contributed by atoms with Crippen LogP contribution in [0.1, 0.15) is 29.4 Å². The Balaban J connectivity index is 2.17. The van der Waals surface area contributed by atoms with Gasteiger partial charge in [0.05, 0.1) is 6.61 Å². The Kier molecular flexibility index (Phi) is 4.57. The molecule has 2 aromatic rings. The standard InChI is InChI=1S/C13H13FN2O2S/c1-2-3-8-18-13(17)12-11(15-16-19-12)9-4-6-10(14)7-5-9/h4-7H,2-3,8H2,1H3. The summed E-state index contributed by atoms with van der Waals surface area (Å²) < 4.78 is 21.8. The van der Waals surface area contributed by atoms with Gasteiger partial charge in [0.15, 0.2) is 4.88 Å². The molecule has 0 amide bonds. The second-order valence-corrected chi connectivity index (χ2v) is 4.70. The molecular weight excluding hydrogens is 267 g/mol. The second kappa shape index (κ2) is 6.38. The summed E-state index contributed by atoms with van der Waals surface area (Å²) in [5.74, 6) is -0.762. The zero-order valence-electron chi connectivity index (χ0n) is 10.4. The van der Waals surface area contributed by atoms with Gasteiger partial charge < -0.3 is 4.74 Å². The number of esters is 1. The van der Waals surface area contributed by atoms with Crippen molar-refractivity contribution in [3.05, 3.63) is 35.0 Å². The molecule has 0 aliphatic carbocycles. The first kappa shape index (κ1) is 13.6. The Hall–Kier alpha value is -1.82. The first-order valence-electron chi connectivity index (χ1n) is 5.97. The third-order valence-electron chi connectivity index (χ3n) is 2.52. The van der Waals surface area contributed by atoms with E-state index in [1.807, 2.05) is 6.92 Å². The van der Waals surface area contributed by atoms with E-state index in [0.29, 0.717) is 22.7 Å². The molecule has 19 heavy (non-hydrogen) atoms. The number of ether oxygens (including phenoxy) is 1. The zero-order valence-corrected chi connectivity index (χ0v) is 11.2. The van der Waals surface area contributed by atoms with Gasteiger partial charge in [-0.15, -0.1) is 5.10 Å². The zero-order chi connectivity index (χ0) is 13.7. The number of nitrogens with zero attached hydrogens (tertiary/aromatic N) is 2. The number of rotatable bonds is 5. The second-order valence-electron chi connectivity index (χ2n) is 3.95. The maximum Gasteiger partial charge on any atom is 0.352 e. The topological polar surface area (TPSA) is 52.1 Å². The van der Waals surface area contributed by atoms with Crippen molar-refractivity contribution in [2.24, 2.45) is 0 Å². The number of hydrogen-bond acceptors (Lipinski definition) is 5. The van der Waals surface area contributed by atoms with E-state index in [2.05, 4.69) is 9.59 Å². The van der Waals surface area contributed by atoms with Crippen LogP contribution in [0.4, 0.5) is 4.39 Å². The Bertz CT molecular complexity index is 554. The molecule has 0 bridgehead atoms. The third kappa shape index (κ3) is 3.35. The molecule has 0 radical (unpaired) electrons. The van der Waals surface area contributed by atoms with Crippen molar-refractivity contribution in [3.63, 3.8) is 0 Å². The summed E-state index contributed by atoms with van der Waals surface area (Å²) in [4.78, 5) is 12.2. The van der Waals surface area contributed by atoms with Crippen molar-refractivity contribution in [3.8, 4) is 11.3 Å². The van der Waals surface area contributed by atoms with Crippen LogP contribution < -0.4 is 0 Å². The van der Waals surface area contributed by atoms with Crippen molar-refractivity contribution in [2.75, 3.05) is 6.61 Å². The fraction of sp³-hybridized carbons (Fsp3) is 0.308. The van der Waals surface area contributed by atoms with Crippen LogP contribution in [0.15, 0.2) is 24.3 Å². The van der Waals surface area contributed by atoms with Gasteiger partial charge in [0.25, 0.3) is 0 Å². The Morgan fingerprint density at radius 3 is 2.79 bits per heavy atom. The lowest BCUT2D eigenvalue weighted by Gasteiger charge is -2.03. The maximum atomic E-state index is 12.9. The van der Waals surface area contributed by atoms with Crippen LogP contribution in [-0.4, -0.2) is 22.2 Å². The molecule has 6 heteroatoms. The molecule has 4 nitrogen and oxygen atoms in total. The minimum atomic E-state index is -0.428. The molecule has 0 atom stereocenters. The van der Waals surface area contributed by atoms with Crippen molar-refractivity contribution < 1.29 is 13.9 Å². The van der Waals surface area contributed by atoms with Gasteiger partial charge in [-0.1, -0.05) is 17.8 Å². The van der Waals surface area contributed by atoms with Crippen LogP contribution in [-0.2, 0) is 4.74 Å². The third-order valence-corrected chi connectivity index (χ3v) is 3.23. The van der Waals surface area contributed by atoms with E-state index in [9.17, 15) is 9.18 Å². The van der Waals surface area contributed by atoms with Crippen molar-refractivity contribution in [1.82, 2.24) is 9.59 Å². The molecule has 0 spiro atoms. The van der Waals surface area contributed by atoms with Crippen LogP contribution in [0.3, 0.4) is 0 Å². The van der Waals surface area contributed by atoms with Crippen LogP contribution in [0.25, 0.3) is 11.3 Å². The highest BCUT2D eigenvalue weighted by atomic mass is 32.1. The molecule has 1 aromatic heterocycles. The summed E-state index contributed by atoms with van der Waals surface area (Å²) in [6.07, 6.45) is 1.78. The van der Waals surface area contributed by atoms with Gasteiger partial charge >= 0.3 is 5.97 Å². The minimum absolute atomic E-state index is 0.334. The molecule has 0 saturated carbocycles. The molecule has 0 unspecified atom stereocenters. The van der Waals surface area contributed by atoms with Crippen LogP contribution in [0.5, 0.6) is 0 Å². The number of carbonyl (C=O) groups is 1. The predicted octanol–water partition coefficient (Wildman–Crippen LogP) is 3.30. The van der Waals surface area contributed by atoms with E-state index in [1.54, 1.807) is 12.1 Å². The van der Waals surface area contributed by atoms with Gasteiger partial charge in [-0.3, -0.25) is 0 Å². The lowest BCUT2D eigenvalue weighted by molar-refractivity contribution is 0.0506. The van der Waals surface area contributed by atoms with Gasteiger partial charge in [0.2, 0.25) is 0 Å². The average Bonchev–Trinajstić information content (AvgIpc) is 2.89. The minimum Gasteiger partial charge on any atom is -0.461 e. The molecule has 0 fully saturated rings. The maximum absolute atomic E-state index is 12.9. The molecule has 0 aliphatic rings. The molecule has 0 aliphatic heterocycles. The number of halogens is 1. The summed E-state index contributed by atoms with van der Waals surface area (Å²) >= 11 is 0.985. The highest BCUT2D eigenvalue weighted by Crippen LogP contribution is 2.24. The monoisotopic (exact) mass is 280 g/mol. The molecule has 1 heterocycles. The van der Waals surface area contributed by atoms with Gasteiger partial charge in [-0.25, -0.2) is 9.18 Å². The Morgan fingerprint density at radius 1 is 1.37 bits per heavy atom. The normalized spacial score (nSPS) is 10.4. The highest BCUT2D eigenvalue weighted by Gasteiger charge is 2.19. The van der Waals surface area contributed by atoms with Gasteiger partial charge in [0, 0.05) is 5.56 Å². The van der Waals surface area contributed by atoms with Crippen molar-refractivity contribution >= 4 is 17.5 Å². The van der Waals surface area contributed by atoms with E-state index in [1.165, 1.54) is 12.1 Å². The van der Waals surface area contributed by atoms with Crippen LogP contribution in [0, 0.1) is 5.82 Å². The summed E-state index contributed by atoms with van der Waals surface area (Å²) in [6, 6.07) is 5.77. The number of hydrogen-bond donors (Lipinski definition) is 0. The quantitative estimate of drug-likeness (QED) is 0.623. The average molecular weight is 280 g/mol. The molecule has 0 saturated heterocycles. The van der Waals surface area contributed by atoms with E-state index >= 15 is 0 Å². The number of unbranched alkanes of at least 4 members (excludes halogenated alkanes) is 1. The van der Waals surface area contributed by atoms with Gasteiger partial charge in [-0.2, -0.15) is 0 Å². The largest absolute Gasteiger partial charge is 0.461 e. The molecule has 0 N–H and O–H groups in total. The summed E-state index contributed by atoms with van der Waals surface area (Å²) in [5.41, 5.74) is 1.09. The summed E-state index contributed by atoms with van der Waals surface area (Å²) in [6.45, 7) is 2.40. The Morgan fingerprint density at radius 2 is 2.11 bits per heavy atom. The first-order valence-corrected chi connectivity index (χ1v) is 6.75. The highest BCUT2D eigenvalue weighted by molar-refractivity contribution is 7.08. The first-order chi connectivity index (χ1) is 9.22. The molecule has 1 aromatic carbocycles. The van der Waals surface area contributed by atoms with Gasteiger partial charge in [-0.05, 0) is 42.2 Å². The van der Waals surface area contributed by atoms with Crippen LogP contribution in [0.2, 0.25) is 0 Å². The smallest absolute Gasteiger partial charge is 0.352 e. The molecule has 2 rings (SSSR count). The van der Waals surface area contributed by atoms with E-state index in [4.69, 9.17) is 4.74 Å². The summed E-state index contributed by atoms with van der Waals surface area (Å²) in [5, 5.41) is 3.91. The van der Waals surface area contributed by atoms with E-state index < -0.39 is 5.97 Å². The lowest BCUT2D eigenvalue weighted by atomic mass is 10.1. The number of benzene rings is 1. The van der Waals surface area contributed by atoms with Crippen molar-refractivity contribution in [2.45, 2.75) is 19.8 Å².